The molecule has 0 spiro atoms. The van der Waals surface area contributed by atoms with E-state index in [0.29, 0.717) is 11.1 Å². The van der Waals surface area contributed by atoms with Crippen LogP contribution in [0.15, 0.2) is 36.4 Å². The lowest BCUT2D eigenvalue weighted by Crippen LogP contribution is -2.07. The average molecular weight is 262 g/mol. The molecule has 0 fully saturated rings. The van der Waals surface area contributed by atoms with Gasteiger partial charge in [0.05, 0.1) is 6.10 Å². The largest absolute Gasteiger partial charge is 0.388 e. The van der Waals surface area contributed by atoms with Crippen LogP contribution >= 0.6 is 0 Å². The highest BCUT2D eigenvalue weighted by atomic mass is 19.1. The smallest absolute Gasteiger partial charge is 0.129 e. The van der Waals surface area contributed by atoms with Gasteiger partial charge in [0.25, 0.3) is 0 Å². The van der Waals surface area contributed by atoms with E-state index in [-0.39, 0.29) is 17.8 Å². The first-order chi connectivity index (χ1) is 8.97. The van der Waals surface area contributed by atoms with Crippen LogP contribution < -0.4 is 0 Å². The normalized spacial score (nSPS) is 12.5. The molecule has 0 aromatic heterocycles. The summed E-state index contributed by atoms with van der Waals surface area (Å²) in [6.07, 6.45) is -0.777. The number of halogens is 2. The molecule has 0 aliphatic heterocycles. The molecule has 1 unspecified atom stereocenters. The van der Waals surface area contributed by atoms with Gasteiger partial charge in [-0.3, -0.25) is 0 Å². The SMILES string of the molecule is Cc1cc(C)c(C(O)Cc2cccc(F)c2)c(F)c1. The first-order valence-electron chi connectivity index (χ1n) is 6.16. The first kappa shape index (κ1) is 13.7. The maximum absolute atomic E-state index is 13.9. The zero-order valence-corrected chi connectivity index (χ0v) is 11.0. The average Bonchev–Trinajstić information content (AvgIpc) is 2.27. The Morgan fingerprint density at radius 3 is 2.47 bits per heavy atom. The van der Waals surface area contributed by atoms with E-state index in [2.05, 4.69) is 0 Å². The first-order valence-corrected chi connectivity index (χ1v) is 6.16. The van der Waals surface area contributed by atoms with Crippen molar-refractivity contribution in [2.75, 3.05) is 0 Å². The Bertz CT molecular complexity index is 570. The molecule has 0 amide bonds. The number of hydrogen-bond donors (Lipinski definition) is 1. The van der Waals surface area contributed by atoms with Gasteiger partial charge in [-0.05, 0) is 48.7 Å². The van der Waals surface area contributed by atoms with Crippen LogP contribution in [-0.2, 0) is 6.42 Å². The summed E-state index contributed by atoms with van der Waals surface area (Å²) >= 11 is 0. The maximum Gasteiger partial charge on any atom is 0.129 e. The molecule has 0 radical (unpaired) electrons. The van der Waals surface area contributed by atoms with Crippen LogP contribution in [0.2, 0.25) is 0 Å². The topological polar surface area (TPSA) is 20.2 Å². The van der Waals surface area contributed by atoms with Crippen molar-refractivity contribution in [3.05, 3.63) is 70.3 Å². The summed E-state index contributed by atoms with van der Waals surface area (Å²) < 4.78 is 27.0. The molecule has 0 aliphatic rings. The van der Waals surface area contributed by atoms with Crippen molar-refractivity contribution in [3.8, 4) is 0 Å². The van der Waals surface area contributed by atoms with Gasteiger partial charge >= 0.3 is 0 Å². The summed E-state index contributed by atoms with van der Waals surface area (Å²) in [4.78, 5) is 0. The van der Waals surface area contributed by atoms with Crippen molar-refractivity contribution in [2.24, 2.45) is 0 Å². The van der Waals surface area contributed by atoms with Gasteiger partial charge in [0.2, 0.25) is 0 Å². The van der Waals surface area contributed by atoms with E-state index in [1.165, 1.54) is 18.2 Å². The van der Waals surface area contributed by atoms with E-state index in [0.717, 1.165) is 5.56 Å². The minimum Gasteiger partial charge on any atom is -0.388 e. The maximum atomic E-state index is 13.9. The van der Waals surface area contributed by atoms with Crippen LogP contribution in [0.5, 0.6) is 0 Å². The number of rotatable bonds is 3. The zero-order chi connectivity index (χ0) is 14.0. The van der Waals surface area contributed by atoms with E-state index < -0.39 is 11.9 Å². The van der Waals surface area contributed by atoms with Crippen LogP contribution in [0.25, 0.3) is 0 Å². The minimum absolute atomic E-state index is 0.193. The van der Waals surface area contributed by atoms with E-state index in [9.17, 15) is 13.9 Å². The number of aliphatic hydroxyl groups excluding tert-OH is 1. The van der Waals surface area contributed by atoms with E-state index in [1.54, 1.807) is 26.0 Å². The second-order valence-electron chi connectivity index (χ2n) is 4.83. The molecular weight excluding hydrogens is 246 g/mol. The van der Waals surface area contributed by atoms with Crippen molar-refractivity contribution in [1.82, 2.24) is 0 Å². The van der Waals surface area contributed by atoms with Gasteiger partial charge in [0, 0.05) is 12.0 Å². The molecule has 0 heterocycles. The molecule has 2 aromatic rings. The van der Waals surface area contributed by atoms with Crippen LogP contribution in [0, 0.1) is 25.5 Å². The third-order valence-electron chi connectivity index (χ3n) is 3.13. The highest BCUT2D eigenvalue weighted by Gasteiger charge is 2.16. The number of aryl methyl sites for hydroxylation is 2. The van der Waals surface area contributed by atoms with Gasteiger partial charge in [-0.25, -0.2) is 8.78 Å². The summed E-state index contributed by atoms with van der Waals surface area (Å²) in [5.74, 6) is -0.771. The fourth-order valence-electron chi connectivity index (χ4n) is 2.34. The Morgan fingerprint density at radius 2 is 1.84 bits per heavy atom. The Hall–Kier alpha value is -1.74. The Labute approximate surface area is 111 Å². The van der Waals surface area contributed by atoms with Crippen LogP contribution in [0.1, 0.15) is 28.4 Å². The van der Waals surface area contributed by atoms with Crippen molar-refractivity contribution >= 4 is 0 Å². The highest BCUT2D eigenvalue weighted by Crippen LogP contribution is 2.25. The molecular formula is C16H16F2O. The lowest BCUT2D eigenvalue weighted by Gasteiger charge is -2.15. The molecule has 1 atom stereocenters. The third kappa shape index (κ3) is 3.18. The van der Waals surface area contributed by atoms with Gasteiger partial charge in [0.1, 0.15) is 11.6 Å². The van der Waals surface area contributed by atoms with Crippen molar-refractivity contribution < 1.29 is 13.9 Å². The number of hydrogen-bond acceptors (Lipinski definition) is 1. The van der Waals surface area contributed by atoms with Crippen molar-refractivity contribution in [3.63, 3.8) is 0 Å². The van der Waals surface area contributed by atoms with E-state index in [1.807, 2.05) is 6.07 Å². The molecule has 1 N–H and O–H groups in total. The van der Waals surface area contributed by atoms with Gasteiger partial charge < -0.3 is 5.11 Å². The molecule has 3 heteroatoms. The summed E-state index contributed by atoms with van der Waals surface area (Å²) in [5.41, 5.74) is 2.46. The van der Waals surface area contributed by atoms with Crippen molar-refractivity contribution in [2.45, 2.75) is 26.4 Å². The third-order valence-corrected chi connectivity index (χ3v) is 3.13. The Balaban J connectivity index is 2.28. The fraction of sp³-hybridized carbons (Fsp3) is 0.250. The summed E-state index contributed by atoms with van der Waals surface area (Å²) in [7, 11) is 0. The van der Waals surface area contributed by atoms with Gasteiger partial charge in [0.15, 0.2) is 0 Å². The number of aliphatic hydroxyl groups is 1. The Morgan fingerprint density at radius 1 is 1.11 bits per heavy atom. The fourth-order valence-corrected chi connectivity index (χ4v) is 2.34. The Kier molecular flexibility index (Phi) is 3.96. The molecule has 2 rings (SSSR count). The monoisotopic (exact) mass is 262 g/mol. The molecule has 0 saturated heterocycles. The van der Waals surface area contributed by atoms with Gasteiger partial charge in [-0.15, -0.1) is 0 Å². The van der Waals surface area contributed by atoms with E-state index >= 15 is 0 Å². The molecule has 19 heavy (non-hydrogen) atoms. The molecule has 100 valence electrons. The van der Waals surface area contributed by atoms with Crippen LogP contribution in [-0.4, -0.2) is 5.11 Å². The van der Waals surface area contributed by atoms with Gasteiger partial charge in [-0.2, -0.15) is 0 Å². The summed E-state index contributed by atoms with van der Waals surface area (Å²) in [5, 5.41) is 10.2. The molecule has 0 saturated carbocycles. The molecule has 0 bridgehead atoms. The van der Waals surface area contributed by atoms with Crippen LogP contribution in [0.3, 0.4) is 0 Å². The molecule has 2 aromatic carbocycles. The second-order valence-corrected chi connectivity index (χ2v) is 4.83. The van der Waals surface area contributed by atoms with Crippen molar-refractivity contribution in [1.29, 1.82) is 0 Å². The molecule has 1 nitrogen and oxygen atoms in total. The number of benzene rings is 2. The minimum atomic E-state index is -0.970. The second kappa shape index (κ2) is 5.49. The summed E-state index contributed by atoms with van der Waals surface area (Å²) in [6, 6.07) is 9.21. The standard InChI is InChI=1S/C16H16F2O/c1-10-6-11(2)16(14(18)7-10)15(19)9-12-4-3-5-13(17)8-12/h3-8,15,19H,9H2,1-2H3. The van der Waals surface area contributed by atoms with Gasteiger partial charge in [-0.1, -0.05) is 18.2 Å². The summed E-state index contributed by atoms with van der Waals surface area (Å²) in [6.45, 7) is 3.57. The highest BCUT2D eigenvalue weighted by molar-refractivity contribution is 5.34. The molecule has 0 aliphatic carbocycles. The lowest BCUT2D eigenvalue weighted by molar-refractivity contribution is 0.172. The zero-order valence-electron chi connectivity index (χ0n) is 11.0. The van der Waals surface area contributed by atoms with E-state index in [4.69, 9.17) is 0 Å². The lowest BCUT2D eigenvalue weighted by atomic mass is 9.96. The predicted octanol–water partition coefficient (Wildman–Crippen LogP) is 3.86. The van der Waals surface area contributed by atoms with Crippen LogP contribution in [0.4, 0.5) is 8.78 Å². The predicted molar refractivity (Wildman–Crippen MR) is 70.9 cm³/mol. The quantitative estimate of drug-likeness (QED) is 0.890.